The Kier molecular flexibility index (Phi) is 4.94. The number of amides is 1. The highest BCUT2D eigenvalue weighted by molar-refractivity contribution is 5.92. The molecule has 0 radical (unpaired) electrons. The Bertz CT molecular complexity index is 379. The molecule has 0 fully saturated rings. The summed E-state index contributed by atoms with van der Waals surface area (Å²) in [4.78, 5) is 15.5. The third kappa shape index (κ3) is 3.73. The Morgan fingerprint density at radius 1 is 1.47 bits per heavy atom. The van der Waals surface area contributed by atoms with Crippen LogP contribution in [0.25, 0.3) is 0 Å². The summed E-state index contributed by atoms with van der Waals surface area (Å²) in [5.41, 5.74) is 1.38. The smallest absolute Gasteiger partial charge is 0.269 e. The number of hydrogen-bond donors (Lipinski definition) is 2. The van der Waals surface area contributed by atoms with Crippen LogP contribution in [0.2, 0.25) is 0 Å². The SMILES string of the molecule is CCC(C)C(C)Nc1ccnc(C(=O)NC)c1. The van der Waals surface area contributed by atoms with Gasteiger partial charge in [-0.3, -0.25) is 9.78 Å². The minimum Gasteiger partial charge on any atom is -0.382 e. The summed E-state index contributed by atoms with van der Waals surface area (Å²) in [5, 5.41) is 5.96. The van der Waals surface area contributed by atoms with Gasteiger partial charge in [0.05, 0.1) is 0 Å². The van der Waals surface area contributed by atoms with E-state index in [0.29, 0.717) is 17.7 Å². The molecular formula is C13H21N3O. The fraction of sp³-hybridized carbons (Fsp3) is 0.538. The van der Waals surface area contributed by atoms with E-state index in [1.807, 2.05) is 6.07 Å². The summed E-state index contributed by atoms with van der Waals surface area (Å²) in [6.07, 6.45) is 2.78. The van der Waals surface area contributed by atoms with Crippen LogP contribution in [0, 0.1) is 5.92 Å². The van der Waals surface area contributed by atoms with E-state index in [0.717, 1.165) is 12.1 Å². The maximum absolute atomic E-state index is 11.4. The highest BCUT2D eigenvalue weighted by Gasteiger charge is 2.11. The molecule has 4 nitrogen and oxygen atoms in total. The molecule has 94 valence electrons. The van der Waals surface area contributed by atoms with E-state index in [1.54, 1.807) is 19.3 Å². The summed E-state index contributed by atoms with van der Waals surface area (Å²) < 4.78 is 0. The average Bonchev–Trinajstić information content (AvgIpc) is 2.37. The summed E-state index contributed by atoms with van der Waals surface area (Å²) in [6, 6.07) is 4.03. The highest BCUT2D eigenvalue weighted by atomic mass is 16.1. The molecule has 0 aliphatic carbocycles. The molecule has 1 aromatic heterocycles. The fourth-order valence-electron chi connectivity index (χ4n) is 1.53. The van der Waals surface area contributed by atoms with Crippen molar-refractivity contribution in [1.29, 1.82) is 0 Å². The van der Waals surface area contributed by atoms with Crippen LogP contribution >= 0.6 is 0 Å². The summed E-state index contributed by atoms with van der Waals surface area (Å²) in [7, 11) is 1.60. The maximum Gasteiger partial charge on any atom is 0.269 e. The van der Waals surface area contributed by atoms with E-state index in [-0.39, 0.29) is 5.91 Å². The van der Waals surface area contributed by atoms with E-state index in [2.05, 4.69) is 36.4 Å². The monoisotopic (exact) mass is 235 g/mol. The lowest BCUT2D eigenvalue weighted by Gasteiger charge is -2.21. The maximum atomic E-state index is 11.4. The molecule has 2 unspecified atom stereocenters. The van der Waals surface area contributed by atoms with Gasteiger partial charge in [-0.2, -0.15) is 0 Å². The Morgan fingerprint density at radius 2 is 2.18 bits per heavy atom. The summed E-state index contributed by atoms with van der Waals surface area (Å²) >= 11 is 0. The van der Waals surface area contributed by atoms with Gasteiger partial charge in [-0.05, 0) is 25.0 Å². The van der Waals surface area contributed by atoms with E-state index in [4.69, 9.17) is 0 Å². The number of nitrogens with zero attached hydrogens (tertiary/aromatic N) is 1. The molecule has 0 saturated carbocycles. The van der Waals surface area contributed by atoms with Crippen LogP contribution in [0.1, 0.15) is 37.7 Å². The van der Waals surface area contributed by atoms with Crippen LogP contribution in [0.4, 0.5) is 5.69 Å². The van der Waals surface area contributed by atoms with Crippen molar-refractivity contribution in [2.45, 2.75) is 33.2 Å². The van der Waals surface area contributed by atoms with Gasteiger partial charge < -0.3 is 10.6 Å². The number of nitrogens with one attached hydrogen (secondary N) is 2. The highest BCUT2D eigenvalue weighted by Crippen LogP contribution is 2.15. The Morgan fingerprint density at radius 3 is 2.76 bits per heavy atom. The normalized spacial score (nSPS) is 13.9. The Hall–Kier alpha value is -1.58. The van der Waals surface area contributed by atoms with Gasteiger partial charge in [-0.15, -0.1) is 0 Å². The number of pyridine rings is 1. The summed E-state index contributed by atoms with van der Waals surface area (Å²) in [5.74, 6) is 0.427. The van der Waals surface area contributed by atoms with Gasteiger partial charge in [0.2, 0.25) is 0 Å². The van der Waals surface area contributed by atoms with Gasteiger partial charge in [0.1, 0.15) is 5.69 Å². The second-order valence-electron chi connectivity index (χ2n) is 4.33. The zero-order valence-electron chi connectivity index (χ0n) is 10.9. The fourth-order valence-corrected chi connectivity index (χ4v) is 1.53. The van der Waals surface area contributed by atoms with Crippen LogP contribution in [0.15, 0.2) is 18.3 Å². The van der Waals surface area contributed by atoms with E-state index in [9.17, 15) is 4.79 Å². The van der Waals surface area contributed by atoms with Crippen LogP contribution < -0.4 is 10.6 Å². The zero-order valence-corrected chi connectivity index (χ0v) is 10.9. The van der Waals surface area contributed by atoms with Crippen molar-refractivity contribution in [2.24, 2.45) is 5.92 Å². The number of anilines is 1. The van der Waals surface area contributed by atoms with Gasteiger partial charge in [0, 0.05) is 25.0 Å². The number of aromatic nitrogens is 1. The molecule has 0 bridgehead atoms. The molecule has 4 heteroatoms. The van der Waals surface area contributed by atoms with Crippen molar-refractivity contribution in [2.75, 3.05) is 12.4 Å². The Balaban J connectivity index is 2.75. The molecule has 1 heterocycles. The standard InChI is InChI=1S/C13H21N3O/c1-5-9(2)10(3)16-11-6-7-15-12(8-11)13(17)14-4/h6-10H,5H2,1-4H3,(H,14,17)(H,15,16). The molecule has 0 aliphatic rings. The topological polar surface area (TPSA) is 54.0 Å². The average molecular weight is 235 g/mol. The van der Waals surface area contributed by atoms with Crippen molar-refractivity contribution in [1.82, 2.24) is 10.3 Å². The number of hydrogen-bond acceptors (Lipinski definition) is 3. The molecule has 1 rings (SSSR count). The molecule has 0 spiro atoms. The van der Waals surface area contributed by atoms with Gasteiger partial charge >= 0.3 is 0 Å². The van der Waals surface area contributed by atoms with Crippen LogP contribution in [-0.2, 0) is 0 Å². The van der Waals surface area contributed by atoms with Crippen LogP contribution in [0.5, 0.6) is 0 Å². The molecule has 0 saturated heterocycles. The predicted octanol–water partition coefficient (Wildman–Crippen LogP) is 2.29. The molecule has 2 atom stereocenters. The van der Waals surface area contributed by atoms with Crippen molar-refractivity contribution >= 4 is 11.6 Å². The third-order valence-electron chi connectivity index (χ3n) is 3.11. The van der Waals surface area contributed by atoms with Crippen molar-refractivity contribution < 1.29 is 4.79 Å². The minimum atomic E-state index is -0.162. The Labute approximate surface area is 103 Å². The molecular weight excluding hydrogens is 214 g/mol. The van der Waals surface area contributed by atoms with Crippen molar-refractivity contribution in [3.8, 4) is 0 Å². The second-order valence-corrected chi connectivity index (χ2v) is 4.33. The van der Waals surface area contributed by atoms with Gasteiger partial charge in [-0.25, -0.2) is 0 Å². The first kappa shape index (κ1) is 13.5. The zero-order chi connectivity index (χ0) is 12.8. The lowest BCUT2D eigenvalue weighted by atomic mass is 10.0. The van der Waals surface area contributed by atoms with Crippen molar-refractivity contribution in [3.05, 3.63) is 24.0 Å². The number of carbonyl (C=O) groups excluding carboxylic acids is 1. The molecule has 0 aliphatic heterocycles. The van der Waals surface area contributed by atoms with E-state index >= 15 is 0 Å². The van der Waals surface area contributed by atoms with Gasteiger partial charge in [-0.1, -0.05) is 20.3 Å². The molecule has 0 aromatic carbocycles. The lowest BCUT2D eigenvalue weighted by molar-refractivity contribution is 0.0958. The largest absolute Gasteiger partial charge is 0.382 e. The van der Waals surface area contributed by atoms with Gasteiger partial charge in [0.15, 0.2) is 0 Å². The number of carbonyl (C=O) groups is 1. The van der Waals surface area contributed by atoms with Crippen LogP contribution in [-0.4, -0.2) is 24.0 Å². The minimum absolute atomic E-state index is 0.162. The van der Waals surface area contributed by atoms with Crippen LogP contribution in [0.3, 0.4) is 0 Å². The molecule has 17 heavy (non-hydrogen) atoms. The second kappa shape index (κ2) is 6.23. The molecule has 1 aromatic rings. The predicted molar refractivity (Wildman–Crippen MR) is 70.2 cm³/mol. The third-order valence-corrected chi connectivity index (χ3v) is 3.11. The van der Waals surface area contributed by atoms with E-state index < -0.39 is 0 Å². The van der Waals surface area contributed by atoms with E-state index in [1.165, 1.54) is 0 Å². The quantitative estimate of drug-likeness (QED) is 0.823. The number of rotatable bonds is 5. The first-order valence-corrected chi connectivity index (χ1v) is 6.03. The van der Waals surface area contributed by atoms with Gasteiger partial charge in [0.25, 0.3) is 5.91 Å². The molecule has 2 N–H and O–H groups in total. The first-order chi connectivity index (χ1) is 8.08. The first-order valence-electron chi connectivity index (χ1n) is 6.03. The lowest BCUT2D eigenvalue weighted by Crippen LogP contribution is -2.24. The van der Waals surface area contributed by atoms with Crippen molar-refractivity contribution in [3.63, 3.8) is 0 Å². The molecule has 1 amide bonds. The summed E-state index contributed by atoms with van der Waals surface area (Å²) in [6.45, 7) is 6.53.